The first-order valence-corrected chi connectivity index (χ1v) is 7.66. The third-order valence-electron chi connectivity index (χ3n) is 3.99. The van der Waals surface area contributed by atoms with Crippen LogP contribution in [0.15, 0.2) is 24.3 Å². The summed E-state index contributed by atoms with van der Waals surface area (Å²) in [4.78, 5) is 12.4. The molecule has 1 aromatic carbocycles. The fourth-order valence-corrected chi connectivity index (χ4v) is 2.77. The number of nitrogens with one attached hydrogen (secondary N) is 2. The molecule has 6 heteroatoms. The minimum Gasteiger partial charge on any atom is -0.347 e. The zero-order valence-corrected chi connectivity index (χ0v) is 13.0. The van der Waals surface area contributed by atoms with Crippen molar-refractivity contribution in [3.05, 3.63) is 41.2 Å². The van der Waals surface area contributed by atoms with Gasteiger partial charge in [0.25, 0.3) is 5.91 Å². The monoisotopic (exact) mass is 299 g/mol. The summed E-state index contributed by atoms with van der Waals surface area (Å²) >= 11 is 0. The van der Waals surface area contributed by atoms with Crippen LogP contribution < -0.4 is 10.6 Å². The van der Waals surface area contributed by atoms with Crippen molar-refractivity contribution in [2.75, 3.05) is 13.1 Å². The molecule has 1 atom stereocenters. The Morgan fingerprint density at radius 2 is 2.27 bits per heavy atom. The lowest BCUT2D eigenvalue weighted by atomic mass is 10.1. The van der Waals surface area contributed by atoms with Crippen LogP contribution in [0.3, 0.4) is 0 Å². The number of rotatable bonds is 3. The number of aromatic nitrogens is 3. The summed E-state index contributed by atoms with van der Waals surface area (Å²) in [5.74, 6) is -0.148. The number of carbonyl (C=O) groups is 1. The van der Waals surface area contributed by atoms with Gasteiger partial charge in [0.2, 0.25) is 0 Å². The van der Waals surface area contributed by atoms with E-state index in [9.17, 15) is 4.79 Å². The molecule has 0 radical (unpaired) electrons. The summed E-state index contributed by atoms with van der Waals surface area (Å²) in [5, 5.41) is 14.5. The summed E-state index contributed by atoms with van der Waals surface area (Å²) in [6.45, 7) is 5.74. The maximum Gasteiger partial charge on any atom is 0.274 e. The molecule has 116 valence electrons. The number of amides is 1. The van der Waals surface area contributed by atoms with Gasteiger partial charge in [-0.1, -0.05) is 17.3 Å². The highest BCUT2D eigenvalue weighted by atomic mass is 16.2. The minimum absolute atomic E-state index is 0.148. The highest BCUT2D eigenvalue weighted by molar-refractivity contribution is 5.93. The molecular formula is C16H21N5O. The molecule has 2 aromatic rings. The van der Waals surface area contributed by atoms with Crippen LogP contribution in [-0.2, 0) is 0 Å². The number of carbonyl (C=O) groups excluding carboxylic acids is 1. The van der Waals surface area contributed by atoms with Crippen molar-refractivity contribution in [1.29, 1.82) is 0 Å². The third-order valence-corrected chi connectivity index (χ3v) is 3.99. The lowest BCUT2D eigenvalue weighted by molar-refractivity contribution is 0.0925. The summed E-state index contributed by atoms with van der Waals surface area (Å²) in [5.41, 5.74) is 3.22. The highest BCUT2D eigenvalue weighted by Gasteiger charge is 2.21. The summed E-state index contributed by atoms with van der Waals surface area (Å²) in [7, 11) is 0. The lowest BCUT2D eigenvalue weighted by Crippen LogP contribution is -2.45. The second kappa shape index (κ2) is 6.27. The molecule has 0 aliphatic carbocycles. The Morgan fingerprint density at radius 3 is 3.00 bits per heavy atom. The van der Waals surface area contributed by atoms with Crippen LogP contribution in [0, 0.1) is 13.8 Å². The molecule has 0 unspecified atom stereocenters. The van der Waals surface area contributed by atoms with Crippen LogP contribution in [0.4, 0.5) is 0 Å². The van der Waals surface area contributed by atoms with Crippen molar-refractivity contribution < 1.29 is 4.79 Å². The second-order valence-electron chi connectivity index (χ2n) is 5.79. The molecule has 1 saturated heterocycles. The molecule has 22 heavy (non-hydrogen) atoms. The van der Waals surface area contributed by atoms with E-state index in [1.807, 2.05) is 38.1 Å². The van der Waals surface area contributed by atoms with Gasteiger partial charge in [-0.3, -0.25) is 4.79 Å². The molecule has 1 aliphatic rings. The Kier molecular flexibility index (Phi) is 4.20. The maximum absolute atomic E-state index is 12.4. The van der Waals surface area contributed by atoms with Gasteiger partial charge in [0, 0.05) is 12.6 Å². The SMILES string of the molecule is Cc1cccc(-n2nnc(C(=O)N[C@H]3CCCNC3)c2C)c1. The van der Waals surface area contributed by atoms with Gasteiger partial charge in [-0.05, 0) is 50.9 Å². The molecule has 1 fully saturated rings. The quantitative estimate of drug-likeness (QED) is 0.898. The zero-order chi connectivity index (χ0) is 15.5. The Morgan fingerprint density at radius 1 is 1.41 bits per heavy atom. The summed E-state index contributed by atoms with van der Waals surface area (Å²) in [6.07, 6.45) is 2.09. The average molecular weight is 299 g/mol. The molecule has 1 aliphatic heterocycles. The Hall–Kier alpha value is -2.21. The molecule has 3 rings (SSSR count). The van der Waals surface area contributed by atoms with Gasteiger partial charge in [-0.25, -0.2) is 4.68 Å². The molecule has 1 amide bonds. The van der Waals surface area contributed by atoms with Gasteiger partial charge in [-0.15, -0.1) is 5.10 Å². The predicted octanol–water partition coefficient (Wildman–Crippen LogP) is 1.37. The van der Waals surface area contributed by atoms with Crippen LogP contribution in [0.25, 0.3) is 5.69 Å². The topological polar surface area (TPSA) is 71.8 Å². The smallest absolute Gasteiger partial charge is 0.274 e. The van der Waals surface area contributed by atoms with Crippen LogP contribution in [0.1, 0.15) is 34.6 Å². The van der Waals surface area contributed by atoms with Gasteiger partial charge in [-0.2, -0.15) is 0 Å². The van der Waals surface area contributed by atoms with E-state index in [0.29, 0.717) is 5.69 Å². The molecule has 2 N–H and O–H groups in total. The maximum atomic E-state index is 12.4. The number of nitrogens with zero attached hydrogens (tertiary/aromatic N) is 3. The van der Waals surface area contributed by atoms with E-state index in [1.54, 1.807) is 4.68 Å². The van der Waals surface area contributed by atoms with Crippen LogP contribution in [0.5, 0.6) is 0 Å². The standard InChI is InChI=1S/C16H21N5O/c1-11-5-3-7-14(9-11)21-12(2)15(19-20-21)16(22)18-13-6-4-8-17-10-13/h3,5,7,9,13,17H,4,6,8,10H2,1-2H3,(H,18,22)/t13-/m0/s1. The van der Waals surface area contributed by atoms with E-state index >= 15 is 0 Å². The van der Waals surface area contributed by atoms with Crippen molar-refractivity contribution in [3.8, 4) is 5.69 Å². The summed E-state index contributed by atoms with van der Waals surface area (Å²) in [6, 6.07) is 8.15. The van der Waals surface area contributed by atoms with E-state index in [4.69, 9.17) is 0 Å². The van der Waals surface area contributed by atoms with Gasteiger partial charge in [0.05, 0.1) is 11.4 Å². The molecule has 0 bridgehead atoms. The van der Waals surface area contributed by atoms with E-state index < -0.39 is 0 Å². The van der Waals surface area contributed by atoms with E-state index in [0.717, 1.165) is 42.9 Å². The second-order valence-corrected chi connectivity index (χ2v) is 5.79. The van der Waals surface area contributed by atoms with Gasteiger partial charge >= 0.3 is 0 Å². The number of piperidine rings is 1. The van der Waals surface area contributed by atoms with Crippen LogP contribution in [-0.4, -0.2) is 40.0 Å². The Balaban J connectivity index is 1.79. The first-order chi connectivity index (χ1) is 10.6. The van der Waals surface area contributed by atoms with Gasteiger partial charge in [0.15, 0.2) is 5.69 Å². The first-order valence-electron chi connectivity index (χ1n) is 7.66. The van der Waals surface area contributed by atoms with Crippen molar-refractivity contribution in [3.63, 3.8) is 0 Å². The fourth-order valence-electron chi connectivity index (χ4n) is 2.77. The lowest BCUT2D eigenvalue weighted by Gasteiger charge is -2.23. The van der Waals surface area contributed by atoms with Crippen LogP contribution >= 0.6 is 0 Å². The van der Waals surface area contributed by atoms with Crippen molar-refractivity contribution in [2.24, 2.45) is 0 Å². The van der Waals surface area contributed by atoms with Crippen molar-refractivity contribution in [1.82, 2.24) is 25.6 Å². The normalized spacial score (nSPS) is 18.2. The molecule has 0 saturated carbocycles. The Labute approximate surface area is 129 Å². The molecule has 1 aromatic heterocycles. The van der Waals surface area contributed by atoms with Crippen molar-refractivity contribution in [2.45, 2.75) is 32.7 Å². The van der Waals surface area contributed by atoms with E-state index in [2.05, 4.69) is 20.9 Å². The Bertz CT molecular complexity index is 673. The average Bonchev–Trinajstić information content (AvgIpc) is 2.90. The summed E-state index contributed by atoms with van der Waals surface area (Å²) < 4.78 is 1.71. The van der Waals surface area contributed by atoms with E-state index in [-0.39, 0.29) is 11.9 Å². The van der Waals surface area contributed by atoms with Gasteiger partial charge in [0.1, 0.15) is 0 Å². The van der Waals surface area contributed by atoms with Gasteiger partial charge < -0.3 is 10.6 Å². The van der Waals surface area contributed by atoms with E-state index in [1.165, 1.54) is 0 Å². The molecule has 2 heterocycles. The number of hydrogen-bond acceptors (Lipinski definition) is 4. The largest absolute Gasteiger partial charge is 0.347 e. The molecule has 0 spiro atoms. The molecular weight excluding hydrogens is 278 g/mol. The fraction of sp³-hybridized carbons (Fsp3) is 0.438. The number of hydrogen-bond donors (Lipinski definition) is 2. The number of aryl methyl sites for hydroxylation is 1. The number of benzene rings is 1. The zero-order valence-electron chi connectivity index (χ0n) is 13.0. The third kappa shape index (κ3) is 3.01. The highest BCUT2D eigenvalue weighted by Crippen LogP contribution is 2.14. The minimum atomic E-state index is -0.148. The predicted molar refractivity (Wildman–Crippen MR) is 84.2 cm³/mol. The van der Waals surface area contributed by atoms with Crippen molar-refractivity contribution >= 4 is 5.91 Å². The van der Waals surface area contributed by atoms with Crippen LogP contribution in [0.2, 0.25) is 0 Å². The first kappa shape index (κ1) is 14.7. The molecule has 6 nitrogen and oxygen atoms in total.